The highest BCUT2D eigenvalue weighted by Gasteiger charge is 2.06. The van der Waals surface area contributed by atoms with Gasteiger partial charge in [-0.25, -0.2) is 0 Å². The van der Waals surface area contributed by atoms with Crippen LogP contribution in [0.15, 0.2) is 24.3 Å². The highest BCUT2D eigenvalue weighted by molar-refractivity contribution is 7.23. The smallest absolute Gasteiger partial charge is 0.174 e. The maximum Gasteiger partial charge on any atom is 0.174 e. The normalized spacial score (nSPS) is 10.7. The average Bonchev–Trinajstić information content (AvgIpc) is 3.11. The molecule has 0 unspecified atom stereocenters. The first kappa shape index (κ1) is 15.2. The Balaban J connectivity index is 1.78. The highest BCUT2D eigenvalue weighted by atomic mass is 32.1. The van der Waals surface area contributed by atoms with Crippen LogP contribution in [0.3, 0.4) is 0 Å². The number of thiophene rings is 2. The van der Waals surface area contributed by atoms with Crippen molar-refractivity contribution in [3.05, 3.63) is 29.1 Å². The van der Waals surface area contributed by atoms with Crippen LogP contribution in [0.4, 0.5) is 0 Å². The Bertz CT molecular complexity index is 533. The van der Waals surface area contributed by atoms with Crippen LogP contribution in [0.1, 0.15) is 9.67 Å². The third kappa shape index (κ3) is 4.42. The van der Waals surface area contributed by atoms with Crippen molar-refractivity contribution in [2.75, 3.05) is 33.5 Å². The van der Waals surface area contributed by atoms with Crippen molar-refractivity contribution in [1.29, 1.82) is 0 Å². The molecule has 0 bridgehead atoms. The van der Waals surface area contributed by atoms with Crippen molar-refractivity contribution in [2.45, 2.75) is 0 Å². The third-order valence-corrected chi connectivity index (χ3v) is 4.68. The predicted molar refractivity (Wildman–Crippen MR) is 81.2 cm³/mol. The molecule has 0 spiro atoms. The zero-order chi connectivity index (χ0) is 14.2. The van der Waals surface area contributed by atoms with Gasteiger partial charge in [-0.2, -0.15) is 0 Å². The molecule has 0 saturated carbocycles. The molecule has 0 fully saturated rings. The van der Waals surface area contributed by atoms with Crippen molar-refractivity contribution in [3.8, 4) is 14.8 Å². The molecule has 0 aromatic carbocycles. The maximum atomic E-state index is 10.7. The Morgan fingerprint density at radius 2 is 1.75 bits per heavy atom. The van der Waals surface area contributed by atoms with Crippen LogP contribution in [0.5, 0.6) is 5.06 Å². The Hall–Kier alpha value is -1.21. The van der Waals surface area contributed by atoms with E-state index in [1.54, 1.807) is 18.4 Å². The van der Waals surface area contributed by atoms with Crippen LogP contribution >= 0.6 is 22.7 Å². The lowest BCUT2D eigenvalue weighted by Gasteiger charge is -2.04. The first-order valence-corrected chi connectivity index (χ1v) is 7.81. The van der Waals surface area contributed by atoms with Gasteiger partial charge in [0, 0.05) is 16.9 Å². The molecule has 2 aromatic rings. The van der Waals surface area contributed by atoms with E-state index in [2.05, 4.69) is 0 Å². The van der Waals surface area contributed by atoms with E-state index in [1.807, 2.05) is 24.3 Å². The molecular formula is C14H16O4S2. The molecule has 20 heavy (non-hydrogen) atoms. The molecule has 2 aromatic heterocycles. The standard InChI is InChI=1S/C14H16O4S2/c1-16-6-7-17-8-9-18-14-5-4-13(20-14)12-3-2-11(10-15)19-12/h2-5,10H,6-9H2,1H3. The minimum Gasteiger partial charge on any atom is -0.482 e. The molecule has 0 radical (unpaired) electrons. The summed E-state index contributed by atoms with van der Waals surface area (Å²) in [5.41, 5.74) is 0. The van der Waals surface area contributed by atoms with Crippen molar-refractivity contribution in [1.82, 2.24) is 0 Å². The van der Waals surface area contributed by atoms with Crippen LogP contribution in [-0.4, -0.2) is 39.8 Å². The highest BCUT2D eigenvalue weighted by Crippen LogP contribution is 2.36. The van der Waals surface area contributed by atoms with Gasteiger partial charge in [0.25, 0.3) is 0 Å². The van der Waals surface area contributed by atoms with Crippen LogP contribution < -0.4 is 4.74 Å². The average molecular weight is 312 g/mol. The van der Waals surface area contributed by atoms with Gasteiger partial charge in [-0.05, 0) is 24.3 Å². The SMILES string of the molecule is COCCOCCOc1ccc(-c2ccc(C=O)s2)s1. The van der Waals surface area contributed by atoms with E-state index < -0.39 is 0 Å². The molecule has 4 nitrogen and oxygen atoms in total. The number of aldehydes is 1. The Labute approximate surface area is 125 Å². The second kappa shape index (κ2) is 8.16. The summed E-state index contributed by atoms with van der Waals surface area (Å²) in [7, 11) is 1.65. The van der Waals surface area contributed by atoms with E-state index >= 15 is 0 Å². The number of hydrogen-bond donors (Lipinski definition) is 0. The predicted octanol–water partition coefficient (Wildman–Crippen LogP) is 3.33. The van der Waals surface area contributed by atoms with Crippen molar-refractivity contribution in [2.24, 2.45) is 0 Å². The molecule has 2 heterocycles. The first-order chi connectivity index (χ1) is 9.83. The van der Waals surface area contributed by atoms with E-state index in [9.17, 15) is 4.79 Å². The second-order valence-electron chi connectivity index (χ2n) is 3.89. The third-order valence-electron chi connectivity index (χ3n) is 2.47. The van der Waals surface area contributed by atoms with Gasteiger partial charge in [0.15, 0.2) is 11.3 Å². The van der Waals surface area contributed by atoms with Crippen LogP contribution in [-0.2, 0) is 9.47 Å². The summed E-state index contributed by atoms with van der Waals surface area (Å²) in [5, 5.41) is 0.858. The number of hydrogen-bond acceptors (Lipinski definition) is 6. The summed E-state index contributed by atoms with van der Waals surface area (Å²) < 4.78 is 15.8. The Morgan fingerprint density at radius 1 is 1.00 bits per heavy atom. The fourth-order valence-electron chi connectivity index (χ4n) is 1.52. The summed E-state index contributed by atoms with van der Waals surface area (Å²) in [4.78, 5) is 13.6. The van der Waals surface area contributed by atoms with E-state index in [0.29, 0.717) is 26.4 Å². The monoisotopic (exact) mass is 312 g/mol. The van der Waals surface area contributed by atoms with Gasteiger partial charge in [0.2, 0.25) is 0 Å². The number of rotatable bonds is 9. The molecule has 108 valence electrons. The Morgan fingerprint density at radius 3 is 2.50 bits per heavy atom. The lowest BCUT2D eigenvalue weighted by atomic mass is 10.4. The summed E-state index contributed by atoms with van der Waals surface area (Å²) in [6, 6.07) is 7.73. The van der Waals surface area contributed by atoms with Crippen molar-refractivity contribution < 1.29 is 19.0 Å². The van der Waals surface area contributed by atoms with Crippen LogP contribution in [0.2, 0.25) is 0 Å². The molecule has 0 aliphatic carbocycles. The zero-order valence-corrected chi connectivity index (χ0v) is 12.8. The van der Waals surface area contributed by atoms with E-state index in [0.717, 1.165) is 26.0 Å². The van der Waals surface area contributed by atoms with Gasteiger partial charge in [-0.15, -0.1) is 11.3 Å². The van der Waals surface area contributed by atoms with Crippen molar-refractivity contribution >= 4 is 29.0 Å². The maximum absolute atomic E-state index is 10.7. The molecule has 6 heteroatoms. The molecular weight excluding hydrogens is 296 g/mol. The Kier molecular flexibility index (Phi) is 6.20. The molecule has 0 amide bonds. The van der Waals surface area contributed by atoms with Gasteiger partial charge in [0.05, 0.1) is 24.7 Å². The lowest BCUT2D eigenvalue weighted by molar-refractivity contribution is 0.0550. The van der Waals surface area contributed by atoms with Crippen LogP contribution in [0.25, 0.3) is 9.75 Å². The molecule has 2 rings (SSSR count). The van der Waals surface area contributed by atoms with E-state index in [-0.39, 0.29) is 0 Å². The first-order valence-electron chi connectivity index (χ1n) is 6.18. The molecule has 0 aliphatic heterocycles. The lowest BCUT2D eigenvalue weighted by Crippen LogP contribution is -2.09. The molecule has 0 saturated heterocycles. The summed E-state index contributed by atoms with van der Waals surface area (Å²) in [5.74, 6) is 0. The molecule has 0 atom stereocenters. The van der Waals surface area contributed by atoms with Gasteiger partial charge < -0.3 is 14.2 Å². The number of ether oxygens (including phenoxy) is 3. The van der Waals surface area contributed by atoms with Gasteiger partial charge in [0.1, 0.15) is 6.61 Å². The minimum absolute atomic E-state index is 0.522. The van der Waals surface area contributed by atoms with E-state index in [4.69, 9.17) is 14.2 Å². The summed E-state index contributed by atoms with van der Waals surface area (Å²) >= 11 is 3.06. The summed E-state index contributed by atoms with van der Waals surface area (Å²) in [6.07, 6.45) is 0.872. The molecule has 0 N–H and O–H groups in total. The quantitative estimate of drug-likeness (QED) is 0.526. The van der Waals surface area contributed by atoms with E-state index in [1.165, 1.54) is 11.3 Å². The van der Waals surface area contributed by atoms with Crippen molar-refractivity contribution in [3.63, 3.8) is 0 Å². The topological polar surface area (TPSA) is 44.8 Å². The van der Waals surface area contributed by atoms with Gasteiger partial charge >= 0.3 is 0 Å². The fraction of sp³-hybridized carbons (Fsp3) is 0.357. The second-order valence-corrected chi connectivity index (χ2v) is 6.05. The number of carbonyl (C=O) groups excluding carboxylic acids is 1. The van der Waals surface area contributed by atoms with Gasteiger partial charge in [-0.3, -0.25) is 4.79 Å². The zero-order valence-electron chi connectivity index (χ0n) is 11.2. The largest absolute Gasteiger partial charge is 0.482 e. The molecule has 0 aliphatic rings. The summed E-state index contributed by atoms with van der Waals surface area (Å²) in [6.45, 7) is 2.25. The van der Waals surface area contributed by atoms with Crippen LogP contribution in [0, 0.1) is 0 Å². The van der Waals surface area contributed by atoms with Gasteiger partial charge in [-0.1, -0.05) is 11.3 Å². The fourth-order valence-corrected chi connectivity index (χ4v) is 3.32. The number of methoxy groups -OCH3 is 1. The minimum atomic E-state index is 0.522. The number of carbonyl (C=O) groups is 1.